The summed E-state index contributed by atoms with van der Waals surface area (Å²) < 4.78 is 8.09. The fraction of sp³-hybridized carbons (Fsp3) is 0.476. The number of fused-ring (bicyclic) bond motifs is 8. The van der Waals surface area contributed by atoms with E-state index in [9.17, 15) is 4.79 Å². The summed E-state index contributed by atoms with van der Waals surface area (Å²) in [4.78, 5) is 14.7. The van der Waals surface area contributed by atoms with Gasteiger partial charge in [-0.2, -0.15) is 0 Å². The molecule has 0 radical (unpaired) electrons. The summed E-state index contributed by atoms with van der Waals surface area (Å²) in [6, 6.07) is 9.53. The number of likely N-dealkylation sites (N-methyl/N-ethyl adjacent to an activating group) is 1. The lowest BCUT2D eigenvalue weighted by atomic mass is 9.67. The Kier molecular flexibility index (Phi) is 3.17. The van der Waals surface area contributed by atoms with E-state index in [1.54, 1.807) is 13.2 Å². The molecule has 1 fully saturated rings. The number of hydrogen-bond donors (Lipinski definition) is 0. The Balaban J connectivity index is 1.68. The minimum atomic E-state index is 0.162. The van der Waals surface area contributed by atoms with E-state index in [1.165, 1.54) is 22.2 Å². The van der Waals surface area contributed by atoms with Crippen LogP contribution in [0.25, 0.3) is 10.9 Å². The molecule has 3 aliphatic heterocycles. The zero-order valence-corrected chi connectivity index (χ0v) is 15.0. The van der Waals surface area contributed by atoms with Crippen molar-refractivity contribution in [2.75, 3.05) is 13.7 Å². The molecule has 0 amide bonds. The van der Waals surface area contributed by atoms with Crippen molar-refractivity contribution < 1.29 is 9.53 Å². The van der Waals surface area contributed by atoms with Crippen molar-refractivity contribution in [3.8, 4) is 0 Å². The highest BCUT2D eigenvalue weighted by molar-refractivity contribution is 5.93. The third kappa shape index (κ3) is 1.94. The summed E-state index contributed by atoms with van der Waals surface area (Å²) >= 11 is 0. The summed E-state index contributed by atoms with van der Waals surface area (Å²) in [5.74, 6) is 0.885. The van der Waals surface area contributed by atoms with Crippen LogP contribution in [0.5, 0.6) is 0 Å². The van der Waals surface area contributed by atoms with Gasteiger partial charge in [0.25, 0.3) is 0 Å². The van der Waals surface area contributed by atoms with Gasteiger partial charge in [0.2, 0.25) is 0 Å². The van der Waals surface area contributed by atoms with Gasteiger partial charge < -0.3 is 9.30 Å². The number of Topliss-reactive ketones (excluding diaryl/α,β-unsaturated/α-hetero) is 1. The molecule has 1 unspecified atom stereocenters. The Morgan fingerprint density at radius 3 is 2.84 bits per heavy atom. The van der Waals surface area contributed by atoms with E-state index < -0.39 is 0 Å². The molecule has 5 rings (SSSR count). The predicted octanol–water partition coefficient (Wildman–Crippen LogP) is 3.22. The third-order valence-electron chi connectivity index (χ3n) is 6.80. The number of aryl methyl sites for hydroxylation is 1. The van der Waals surface area contributed by atoms with Crippen molar-refractivity contribution in [2.24, 2.45) is 18.9 Å². The van der Waals surface area contributed by atoms with Crippen LogP contribution in [0.4, 0.5) is 0 Å². The van der Waals surface area contributed by atoms with Crippen LogP contribution in [0.1, 0.15) is 30.6 Å². The van der Waals surface area contributed by atoms with Gasteiger partial charge in [-0.05, 0) is 44.4 Å². The van der Waals surface area contributed by atoms with Crippen molar-refractivity contribution in [1.82, 2.24) is 9.47 Å². The fourth-order valence-electron chi connectivity index (χ4n) is 5.59. The lowest BCUT2D eigenvalue weighted by Gasteiger charge is -2.52. The van der Waals surface area contributed by atoms with Gasteiger partial charge >= 0.3 is 0 Å². The lowest BCUT2D eigenvalue weighted by molar-refractivity contribution is -0.116. The van der Waals surface area contributed by atoms with Gasteiger partial charge in [0.15, 0.2) is 5.78 Å². The molecule has 0 spiro atoms. The Morgan fingerprint density at radius 2 is 2.04 bits per heavy atom. The maximum absolute atomic E-state index is 12.1. The van der Waals surface area contributed by atoms with Crippen LogP contribution in [0, 0.1) is 11.8 Å². The number of rotatable bonds is 1. The zero-order valence-electron chi connectivity index (χ0n) is 15.0. The van der Waals surface area contributed by atoms with Crippen LogP contribution >= 0.6 is 0 Å². The Hall–Kier alpha value is -2.07. The van der Waals surface area contributed by atoms with Gasteiger partial charge in [0, 0.05) is 41.2 Å². The zero-order chi connectivity index (χ0) is 17.3. The minimum Gasteiger partial charge on any atom is -0.500 e. The van der Waals surface area contributed by atoms with Gasteiger partial charge in [-0.1, -0.05) is 18.2 Å². The number of carbonyl (C=O) groups is 1. The molecule has 2 bridgehead atoms. The Bertz CT molecular complexity index is 910. The minimum absolute atomic E-state index is 0.162. The first-order valence-electron chi connectivity index (χ1n) is 9.18. The number of para-hydroxylation sites is 1. The van der Waals surface area contributed by atoms with Crippen LogP contribution < -0.4 is 0 Å². The van der Waals surface area contributed by atoms with E-state index in [0.29, 0.717) is 23.9 Å². The maximum atomic E-state index is 12.1. The van der Waals surface area contributed by atoms with E-state index in [2.05, 4.69) is 47.8 Å². The Labute approximate surface area is 148 Å². The predicted molar refractivity (Wildman–Crippen MR) is 97.2 cm³/mol. The van der Waals surface area contributed by atoms with Gasteiger partial charge in [-0.15, -0.1) is 0 Å². The molecule has 0 N–H and O–H groups in total. The first kappa shape index (κ1) is 15.2. The van der Waals surface area contributed by atoms with Crippen LogP contribution in [0.3, 0.4) is 0 Å². The quantitative estimate of drug-likeness (QED) is 0.802. The summed E-state index contributed by atoms with van der Waals surface area (Å²) in [7, 11) is 4.44. The van der Waals surface area contributed by atoms with Gasteiger partial charge in [0.05, 0.1) is 18.9 Å². The van der Waals surface area contributed by atoms with E-state index in [0.717, 1.165) is 25.0 Å². The lowest BCUT2D eigenvalue weighted by Crippen LogP contribution is -2.55. The summed E-state index contributed by atoms with van der Waals surface area (Å²) in [5, 5.41) is 1.39. The van der Waals surface area contributed by atoms with Crippen molar-refractivity contribution in [1.29, 1.82) is 0 Å². The van der Waals surface area contributed by atoms with Crippen molar-refractivity contribution in [3.63, 3.8) is 0 Å². The van der Waals surface area contributed by atoms with E-state index in [1.807, 2.05) is 0 Å². The number of nitrogens with zero attached hydrogens (tertiary/aromatic N) is 2. The average molecular weight is 336 g/mol. The second-order valence-corrected chi connectivity index (χ2v) is 7.86. The molecule has 0 saturated carbocycles. The fourth-order valence-corrected chi connectivity index (χ4v) is 5.59. The van der Waals surface area contributed by atoms with Crippen LogP contribution in [-0.2, 0) is 23.0 Å². The molecule has 4 heterocycles. The van der Waals surface area contributed by atoms with Crippen molar-refractivity contribution in [3.05, 3.63) is 47.4 Å². The molecular formula is C21H24N2O2. The summed E-state index contributed by atoms with van der Waals surface area (Å²) in [6.45, 7) is 2.40. The number of piperidine rings is 1. The highest BCUT2D eigenvalue weighted by Crippen LogP contribution is 2.51. The molecular weight excluding hydrogens is 312 g/mol. The number of allylic oxidation sites excluding steroid dienone is 1. The number of aromatic nitrogens is 1. The van der Waals surface area contributed by atoms with E-state index in [-0.39, 0.29) is 5.78 Å². The molecule has 4 nitrogen and oxygen atoms in total. The molecule has 4 atom stereocenters. The molecule has 25 heavy (non-hydrogen) atoms. The maximum Gasteiger partial charge on any atom is 0.159 e. The van der Waals surface area contributed by atoms with Gasteiger partial charge in [0.1, 0.15) is 0 Å². The second kappa shape index (κ2) is 5.21. The first-order chi connectivity index (χ1) is 12.1. The monoisotopic (exact) mass is 336 g/mol. The second-order valence-electron chi connectivity index (χ2n) is 7.86. The topological polar surface area (TPSA) is 34.5 Å². The average Bonchev–Trinajstić information content (AvgIpc) is 2.88. The highest BCUT2D eigenvalue weighted by atomic mass is 16.5. The summed E-state index contributed by atoms with van der Waals surface area (Å²) in [6.07, 6.45) is 3.77. The number of benzene rings is 1. The Morgan fingerprint density at radius 1 is 1.24 bits per heavy atom. The number of ether oxygens (including phenoxy) is 1. The number of carbonyl (C=O) groups excluding carboxylic acids is 1. The first-order valence-corrected chi connectivity index (χ1v) is 9.18. The van der Waals surface area contributed by atoms with Crippen molar-refractivity contribution >= 4 is 16.7 Å². The number of ketones is 1. The van der Waals surface area contributed by atoms with E-state index >= 15 is 0 Å². The van der Waals surface area contributed by atoms with Crippen LogP contribution in [0.2, 0.25) is 0 Å². The smallest absolute Gasteiger partial charge is 0.159 e. The SMILES string of the molecule is CC(=O)C1=COC[C@@H]2[C@H]1CC1c3c(c4ccccc4n3C)C[C@@H]2N1C. The number of hydrogen-bond acceptors (Lipinski definition) is 3. The molecule has 0 aliphatic carbocycles. The van der Waals surface area contributed by atoms with Crippen molar-refractivity contribution in [2.45, 2.75) is 31.8 Å². The van der Waals surface area contributed by atoms with Gasteiger partial charge in [-0.25, -0.2) is 0 Å². The molecule has 1 aromatic heterocycles. The molecule has 130 valence electrons. The van der Waals surface area contributed by atoms with Crippen LogP contribution in [0.15, 0.2) is 36.1 Å². The molecule has 3 aliphatic rings. The molecule has 2 aromatic rings. The highest BCUT2D eigenvalue weighted by Gasteiger charge is 2.49. The third-order valence-corrected chi connectivity index (χ3v) is 6.80. The normalized spacial score (nSPS) is 31.1. The van der Waals surface area contributed by atoms with E-state index in [4.69, 9.17) is 4.74 Å². The summed E-state index contributed by atoms with van der Waals surface area (Å²) in [5.41, 5.74) is 5.15. The standard InChI is InChI=1S/C21H24N2O2/c1-12(24)16-10-25-11-17-14(16)8-20-21-15(9-19(17)22(20)2)13-6-4-5-7-18(13)23(21)3/h4-7,10,14,17,19-20H,8-9,11H2,1-3H3/t14-,17+,19-,20?/m0/s1. The molecule has 1 saturated heterocycles. The largest absolute Gasteiger partial charge is 0.500 e. The molecule has 4 heteroatoms. The van der Waals surface area contributed by atoms with Gasteiger partial charge in [-0.3, -0.25) is 9.69 Å². The molecule has 1 aromatic carbocycles. The van der Waals surface area contributed by atoms with Crippen LogP contribution in [-0.4, -0.2) is 34.9 Å².